The molecule has 0 aliphatic carbocycles. The molecule has 128 valence electrons. The molecule has 1 heterocycles. The summed E-state index contributed by atoms with van der Waals surface area (Å²) in [4.78, 5) is 12.6. The van der Waals surface area contributed by atoms with E-state index in [1.54, 1.807) is 6.07 Å². The summed E-state index contributed by atoms with van der Waals surface area (Å²) in [6.07, 6.45) is 3.89. The molecule has 1 aliphatic heterocycles. The second kappa shape index (κ2) is 6.36. The summed E-state index contributed by atoms with van der Waals surface area (Å²) in [5, 5.41) is 29.1. The molecule has 3 N–H and O–H groups in total. The van der Waals surface area contributed by atoms with Gasteiger partial charge in [-0.15, -0.1) is 0 Å². The summed E-state index contributed by atoms with van der Waals surface area (Å²) in [5.41, 5.74) is 2.56. The van der Waals surface area contributed by atoms with Gasteiger partial charge in [-0.25, -0.2) is 0 Å². The lowest BCUT2D eigenvalue weighted by Crippen LogP contribution is -1.97. The first-order valence-electron chi connectivity index (χ1n) is 7.81. The van der Waals surface area contributed by atoms with Crippen molar-refractivity contribution in [1.82, 2.24) is 0 Å². The number of benzene rings is 2. The van der Waals surface area contributed by atoms with Crippen LogP contribution in [0.2, 0.25) is 0 Å². The summed E-state index contributed by atoms with van der Waals surface area (Å²) in [6, 6.07) is 7.25. The zero-order valence-electron chi connectivity index (χ0n) is 13.9. The van der Waals surface area contributed by atoms with Crippen LogP contribution in [0, 0.1) is 0 Å². The molecule has 3 rings (SSSR count). The fourth-order valence-electron chi connectivity index (χ4n) is 2.58. The van der Waals surface area contributed by atoms with E-state index < -0.39 is 0 Å². The van der Waals surface area contributed by atoms with E-state index in [-0.39, 0.29) is 28.8 Å². The minimum Gasteiger partial charge on any atom is -0.508 e. The number of hydrogen-bond donors (Lipinski definition) is 3. The van der Waals surface area contributed by atoms with Gasteiger partial charge in [0.25, 0.3) is 0 Å². The van der Waals surface area contributed by atoms with Crippen LogP contribution in [0.4, 0.5) is 0 Å². The Bertz CT molecular complexity index is 918. The monoisotopic (exact) mass is 338 g/mol. The quantitative estimate of drug-likeness (QED) is 0.448. The minimum absolute atomic E-state index is 0.0765. The average Bonchev–Trinajstić information content (AvgIpc) is 2.86. The van der Waals surface area contributed by atoms with Crippen LogP contribution in [-0.2, 0) is 6.42 Å². The zero-order valence-corrected chi connectivity index (χ0v) is 13.9. The SMILES string of the molecule is CC(C)=CCc1c(O)ccc2c1O/C(=C/c1ccc(O)c(O)c1)C2=O. The van der Waals surface area contributed by atoms with Crippen LogP contribution >= 0.6 is 0 Å². The van der Waals surface area contributed by atoms with E-state index in [0.717, 1.165) is 5.57 Å². The van der Waals surface area contributed by atoms with Gasteiger partial charge in [0.1, 0.15) is 11.5 Å². The Morgan fingerprint density at radius 1 is 1.04 bits per heavy atom. The lowest BCUT2D eigenvalue weighted by molar-refractivity contribution is 0.101. The molecule has 5 heteroatoms. The molecule has 0 atom stereocenters. The highest BCUT2D eigenvalue weighted by atomic mass is 16.5. The molecule has 0 saturated carbocycles. The Balaban J connectivity index is 2.00. The largest absolute Gasteiger partial charge is 0.508 e. The highest BCUT2D eigenvalue weighted by Gasteiger charge is 2.30. The van der Waals surface area contributed by atoms with Crippen molar-refractivity contribution in [3.05, 3.63) is 64.4 Å². The van der Waals surface area contributed by atoms with Crippen LogP contribution < -0.4 is 4.74 Å². The molecule has 2 aromatic rings. The smallest absolute Gasteiger partial charge is 0.231 e. The zero-order chi connectivity index (χ0) is 18.1. The number of rotatable bonds is 3. The van der Waals surface area contributed by atoms with E-state index in [9.17, 15) is 20.1 Å². The van der Waals surface area contributed by atoms with Crippen LogP contribution in [0.3, 0.4) is 0 Å². The number of Topliss-reactive ketones (excluding diaryl/α,β-unsaturated/α-hetero) is 1. The molecule has 0 saturated heterocycles. The number of carbonyl (C=O) groups is 1. The van der Waals surface area contributed by atoms with Crippen molar-refractivity contribution in [3.8, 4) is 23.0 Å². The molecule has 0 unspecified atom stereocenters. The average molecular weight is 338 g/mol. The number of fused-ring (bicyclic) bond motifs is 1. The van der Waals surface area contributed by atoms with Gasteiger partial charge < -0.3 is 20.1 Å². The predicted molar refractivity (Wildman–Crippen MR) is 93.9 cm³/mol. The third kappa shape index (κ3) is 3.21. The van der Waals surface area contributed by atoms with Crippen LogP contribution in [0.5, 0.6) is 23.0 Å². The molecule has 0 aromatic heterocycles. The molecule has 0 amide bonds. The van der Waals surface area contributed by atoms with Gasteiger partial charge in [-0.05, 0) is 56.2 Å². The van der Waals surface area contributed by atoms with E-state index in [1.165, 1.54) is 30.3 Å². The van der Waals surface area contributed by atoms with Gasteiger partial charge >= 0.3 is 0 Å². The third-order valence-electron chi connectivity index (χ3n) is 3.93. The van der Waals surface area contributed by atoms with Crippen molar-refractivity contribution in [3.63, 3.8) is 0 Å². The minimum atomic E-state index is -0.291. The molecular formula is C20H18O5. The number of phenols is 3. The molecular weight excluding hydrogens is 320 g/mol. The van der Waals surface area contributed by atoms with Crippen LogP contribution in [0.1, 0.15) is 35.3 Å². The van der Waals surface area contributed by atoms with E-state index in [0.29, 0.717) is 28.9 Å². The topological polar surface area (TPSA) is 87.0 Å². The maximum atomic E-state index is 12.6. The Labute approximate surface area is 145 Å². The molecule has 0 radical (unpaired) electrons. The Kier molecular flexibility index (Phi) is 4.23. The van der Waals surface area contributed by atoms with Gasteiger partial charge in [0.05, 0.1) is 5.56 Å². The van der Waals surface area contributed by atoms with Crippen LogP contribution in [-0.4, -0.2) is 21.1 Å². The second-order valence-electron chi connectivity index (χ2n) is 6.11. The number of ether oxygens (including phenoxy) is 1. The highest BCUT2D eigenvalue weighted by Crippen LogP contribution is 2.40. The van der Waals surface area contributed by atoms with Crippen molar-refractivity contribution in [2.45, 2.75) is 20.3 Å². The Morgan fingerprint density at radius 2 is 1.76 bits per heavy atom. The number of ketones is 1. The van der Waals surface area contributed by atoms with Gasteiger partial charge in [0, 0.05) is 5.56 Å². The van der Waals surface area contributed by atoms with Crippen LogP contribution in [0.25, 0.3) is 6.08 Å². The second-order valence-corrected chi connectivity index (χ2v) is 6.11. The van der Waals surface area contributed by atoms with Crippen molar-refractivity contribution < 1.29 is 24.9 Å². The summed E-state index contributed by atoms with van der Waals surface area (Å²) < 4.78 is 5.72. The molecule has 25 heavy (non-hydrogen) atoms. The van der Waals surface area contributed by atoms with Crippen molar-refractivity contribution in [2.24, 2.45) is 0 Å². The van der Waals surface area contributed by atoms with Gasteiger partial charge in [0.2, 0.25) is 5.78 Å². The maximum absolute atomic E-state index is 12.6. The first-order valence-corrected chi connectivity index (χ1v) is 7.81. The fraction of sp³-hybridized carbons (Fsp3) is 0.150. The lowest BCUT2D eigenvalue weighted by Gasteiger charge is -2.07. The van der Waals surface area contributed by atoms with E-state index >= 15 is 0 Å². The van der Waals surface area contributed by atoms with Gasteiger partial charge in [-0.2, -0.15) is 0 Å². The number of carbonyl (C=O) groups excluding carboxylic acids is 1. The molecule has 5 nitrogen and oxygen atoms in total. The first kappa shape index (κ1) is 16.6. The normalized spacial score (nSPS) is 14.3. The number of hydrogen-bond acceptors (Lipinski definition) is 5. The maximum Gasteiger partial charge on any atom is 0.231 e. The summed E-state index contributed by atoms with van der Waals surface area (Å²) in [7, 11) is 0. The standard InChI is InChI=1S/C20H18O5/c1-11(2)3-5-13-15(21)8-6-14-19(24)18(25-20(13)14)10-12-4-7-16(22)17(23)9-12/h3-4,6-10,21-23H,5H2,1-2H3/b18-10+. The van der Waals surface area contributed by atoms with E-state index in [1.807, 2.05) is 19.9 Å². The Morgan fingerprint density at radius 3 is 2.44 bits per heavy atom. The van der Waals surface area contributed by atoms with Crippen molar-refractivity contribution in [2.75, 3.05) is 0 Å². The van der Waals surface area contributed by atoms with E-state index in [4.69, 9.17) is 4.74 Å². The number of phenolic OH excluding ortho intramolecular Hbond substituents is 3. The molecule has 0 fully saturated rings. The molecule has 1 aliphatic rings. The third-order valence-corrected chi connectivity index (χ3v) is 3.93. The molecule has 2 aromatic carbocycles. The lowest BCUT2D eigenvalue weighted by atomic mass is 10.0. The van der Waals surface area contributed by atoms with Crippen molar-refractivity contribution >= 4 is 11.9 Å². The van der Waals surface area contributed by atoms with Crippen molar-refractivity contribution in [1.29, 1.82) is 0 Å². The summed E-state index contributed by atoms with van der Waals surface area (Å²) in [6.45, 7) is 3.91. The predicted octanol–water partition coefficient (Wildman–Crippen LogP) is 3.93. The van der Waals surface area contributed by atoms with Gasteiger partial charge in [0.15, 0.2) is 17.3 Å². The van der Waals surface area contributed by atoms with Gasteiger partial charge in [-0.3, -0.25) is 4.79 Å². The van der Waals surface area contributed by atoms with Crippen LogP contribution in [0.15, 0.2) is 47.7 Å². The number of allylic oxidation sites excluding steroid dienone is 3. The highest BCUT2D eigenvalue weighted by molar-refractivity contribution is 6.15. The fourth-order valence-corrected chi connectivity index (χ4v) is 2.58. The van der Waals surface area contributed by atoms with E-state index in [2.05, 4.69) is 0 Å². The first-order chi connectivity index (χ1) is 11.9. The summed E-state index contributed by atoms with van der Waals surface area (Å²) >= 11 is 0. The molecule has 0 spiro atoms. The number of aromatic hydroxyl groups is 3. The molecule has 0 bridgehead atoms. The summed E-state index contributed by atoms with van der Waals surface area (Å²) in [5.74, 6) is -0.272. The Hall–Kier alpha value is -3.21. The van der Waals surface area contributed by atoms with Gasteiger partial charge in [-0.1, -0.05) is 17.7 Å².